The quantitative estimate of drug-likeness (QED) is 0.396. The van der Waals surface area contributed by atoms with E-state index in [1.54, 1.807) is 24.3 Å². The van der Waals surface area contributed by atoms with Crippen LogP contribution >= 0.6 is 11.3 Å². The second-order valence-electron chi connectivity index (χ2n) is 10.2. The third-order valence-corrected chi connectivity index (χ3v) is 8.11. The van der Waals surface area contributed by atoms with Crippen molar-refractivity contribution in [1.82, 2.24) is 20.0 Å². The molecule has 1 aromatic heterocycles. The highest BCUT2D eigenvalue weighted by Crippen LogP contribution is 2.31. The highest BCUT2D eigenvalue weighted by Gasteiger charge is 2.32. The summed E-state index contributed by atoms with van der Waals surface area (Å²) in [7, 11) is 0. The number of hydrogen-bond donors (Lipinski definition) is 1. The Morgan fingerprint density at radius 3 is 2.37 bits per heavy atom. The number of piperazine rings is 1. The van der Waals surface area contributed by atoms with E-state index in [0.717, 1.165) is 55.6 Å². The van der Waals surface area contributed by atoms with E-state index in [2.05, 4.69) is 25.3 Å². The molecule has 1 aliphatic heterocycles. The van der Waals surface area contributed by atoms with Crippen LogP contribution in [0.15, 0.2) is 54.6 Å². The number of carbonyl (C=O) groups excluding carboxylic acids is 2. The van der Waals surface area contributed by atoms with Crippen LogP contribution in [-0.2, 0) is 9.63 Å². The van der Waals surface area contributed by atoms with E-state index in [1.807, 2.05) is 30.3 Å². The number of nitrogens with one attached hydrogen (secondary N) is 1. The number of benzene rings is 2. The first-order valence-corrected chi connectivity index (χ1v) is 14.2. The van der Waals surface area contributed by atoms with E-state index in [1.165, 1.54) is 29.2 Å². The first-order valence-electron chi connectivity index (χ1n) is 13.3. The fourth-order valence-corrected chi connectivity index (χ4v) is 5.37. The van der Waals surface area contributed by atoms with Gasteiger partial charge in [-0.3, -0.25) is 29.5 Å². The summed E-state index contributed by atoms with van der Waals surface area (Å²) >= 11 is 1.32. The molecule has 0 spiro atoms. The molecule has 2 aromatic carbocycles. The van der Waals surface area contributed by atoms with E-state index in [-0.39, 0.29) is 11.8 Å². The molecule has 3 aliphatic rings. The summed E-state index contributed by atoms with van der Waals surface area (Å²) in [6.45, 7) is 4.69. The van der Waals surface area contributed by atoms with Gasteiger partial charge in [0.25, 0.3) is 11.8 Å². The number of carbonyl (C=O) groups is 2. The smallest absolute Gasteiger partial charge is 0.265 e. The van der Waals surface area contributed by atoms with Crippen LogP contribution in [0, 0.1) is 5.92 Å². The van der Waals surface area contributed by atoms with Crippen LogP contribution in [0.4, 0.5) is 10.8 Å². The van der Waals surface area contributed by atoms with Gasteiger partial charge in [-0.1, -0.05) is 41.7 Å². The summed E-state index contributed by atoms with van der Waals surface area (Å²) in [5, 5.41) is 13.7. The molecular formula is C28H32N6O3S. The van der Waals surface area contributed by atoms with E-state index >= 15 is 0 Å². The van der Waals surface area contributed by atoms with Crippen LogP contribution in [0.25, 0.3) is 10.6 Å². The molecule has 2 saturated carbocycles. The van der Waals surface area contributed by atoms with Gasteiger partial charge in [0.2, 0.25) is 5.13 Å². The first kappa shape index (κ1) is 25.1. The second-order valence-corrected chi connectivity index (χ2v) is 11.2. The van der Waals surface area contributed by atoms with Gasteiger partial charge in [0.15, 0.2) is 0 Å². The lowest BCUT2D eigenvalue weighted by atomic mass is 10.2. The van der Waals surface area contributed by atoms with Gasteiger partial charge >= 0.3 is 0 Å². The number of amides is 2. The Labute approximate surface area is 226 Å². The molecule has 2 aliphatic carbocycles. The third-order valence-electron chi connectivity index (χ3n) is 7.22. The number of anilines is 2. The van der Waals surface area contributed by atoms with Crippen molar-refractivity contribution >= 4 is 34.0 Å². The molecule has 0 radical (unpaired) electrons. The molecule has 38 heavy (non-hydrogen) atoms. The maximum atomic E-state index is 13.3. The van der Waals surface area contributed by atoms with Crippen LogP contribution in [-0.4, -0.2) is 77.2 Å². The van der Waals surface area contributed by atoms with Gasteiger partial charge in [0, 0.05) is 43.3 Å². The number of aromatic nitrogens is 2. The molecule has 1 N–H and O–H groups in total. The Bertz CT molecular complexity index is 1250. The van der Waals surface area contributed by atoms with Crippen LogP contribution in [0.2, 0.25) is 0 Å². The largest absolute Gasteiger partial charge is 0.298 e. The van der Waals surface area contributed by atoms with Crippen LogP contribution < -0.4 is 10.4 Å². The first-order chi connectivity index (χ1) is 18.6. The van der Waals surface area contributed by atoms with E-state index in [9.17, 15) is 9.59 Å². The van der Waals surface area contributed by atoms with Crippen LogP contribution in [0.3, 0.4) is 0 Å². The minimum Gasteiger partial charge on any atom is -0.298 e. The molecule has 2 heterocycles. The fourth-order valence-electron chi connectivity index (χ4n) is 4.63. The Hall–Kier alpha value is -3.18. The van der Waals surface area contributed by atoms with Gasteiger partial charge in [-0.2, -0.15) is 5.06 Å². The van der Waals surface area contributed by atoms with Crippen molar-refractivity contribution in [3.05, 3.63) is 60.2 Å². The number of hydroxylamine groups is 1. The minimum atomic E-state index is -0.280. The summed E-state index contributed by atoms with van der Waals surface area (Å²) in [5.74, 6) is 0.160. The van der Waals surface area contributed by atoms with Gasteiger partial charge in [0.1, 0.15) is 5.01 Å². The van der Waals surface area contributed by atoms with Crippen molar-refractivity contribution in [3.63, 3.8) is 0 Å². The molecule has 9 nitrogen and oxygen atoms in total. The normalized spacial score (nSPS) is 18.3. The van der Waals surface area contributed by atoms with Crippen molar-refractivity contribution < 1.29 is 14.4 Å². The standard InChI is InChI=1S/C28H32N6O3S/c35-25(18-32-14-16-33(17-15-32)23-12-13-23)34(37-19-20-6-7-20)24-10-8-21(9-11-24)26(36)29-28-31-30-27(38-28)22-4-2-1-3-5-22/h1-5,8-11,20,23H,6-7,12-19H2,(H,29,31,36). The number of rotatable bonds is 10. The number of nitrogens with zero attached hydrogens (tertiary/aromatic N) is 5. The minimum absolute atomic E-state index is 0.0787. The molecule has 198 valence electrons. The molecule has 2 amide bonds. The topological polar surface area (TPSA) is 90.9 Å². The lowest BCUT2D eigenvalue weighted by Gasteiger charge is -2.35. The maximum Gasteiger partial charge on any atom is 0.265 e. The fraction of sp³-hybridized carbons (Fsp3) is 0.429. The Morgan fingerprint density at radius 2 is 1.68 bits per heavy atom. The van der Waals surface area contributed by atoms with Gasteiger partial charge in [0.05, 0.1) is 18.8 Å². The Morgan fingerprint density at radius 1 is 0.947 bits per heavy atom. The Kier molecular flexibility index (Phi) is 7.46. The number of hydrogen-bond acceptors (Lipinski definition) is 8. The molecule has 10 heteroatoms. The molecule has 3 fully saturated rings. The average molecular weight is 533 g/mol. The van der Waals surface area contributed by atoms with Gasteiger partial charge in [-0.15, -0.1) is 10.2 Å². The average Bonchev–Trinajstić information content (AvgIpc) is 3.89. The lowest BCUT2D eigenvalue weighted by Crippen LogP contribution is -2.50. The molecule has 1 saturated heterocycles. The maximum absolute atomic E-state index is 13.3. The zero-order valence-electron chi connectivity index (χ0n) is 21.3. The molecule has 0 unspecified atom stereocenters. The van der Waals surface area contributed by atoms with Crippen molar-refractivity contribution in [2.24, 2.45) is 5.92 Å². The molecule has 6 rings (SSSR count). The van der Waals surface area contributed by atoms with Crippen molar-refractivity contribution in [2.45, 2.75) is 31.7 Å². The van der Waals surface area contributed by atoms with Crippen molar-refractivity contribution in [2.75, 3.05) is 49.7 Å². The zero-order valence-corrected chi connectivity index (χ0v) is 22.1. The molecule has 0 bridgehead atoms. The predicted molar refractivity (Wildman–Crippen MR) is 147 cm³/mol. The summed E-state index contributed by atoms with van der Waals surface area (Å²) in [6, 6.07) is 17.4. The van der Waals surface area contributed by atoms with Gasteiger partial charge in [-0.05, 0) is 55.9 Å². The van der Waals surface area contributed by atoms with Crippen molar-refractivity contribution in [1.29, 1.82) is 0 Å². The summed E-state index contributed by atoms with van der Waals surface area (Å²) in [6.07, 6.45) is 4.90. The SMILES string of the molecule is O=C(Nc1nnc(-c2ccccc2)s1)c1ccc(N(OCC2CC2)C(=O)CN2CCN(C3CC3)CC2)cc1. The van der Waals surface area contributed by atoms with Crippen LogP contribution in [0.5, 0.6) is 0 Å². The lowest BCUT2D eigenvalue weighted by molar-refractivity contribution is -0.127. The molecular weight excluding hydrogens is 500 g/mol. The van der Waals surface area contributed by atoms with E-state index in [0.29, 0.717) is 35.5 Å². The Balaban J connectivity index is 1.08. The van der Waals surface area contributed by atoms with E-state index < -0.39 is 0 Å². The summed E-state index contributed by atoms with van der Waals surface area (Å²) in [4.78, 5) is 36.9. The summed E-state index contributed by atoms with van der Waals surface area (Å²) in [5.41, 5.74) is 2.05. The van der Waals surface area contributed by atoms with E-state index in [4.69, 9.17) is 4.84 Å². The monoisotopic (exact) mass is 532 g/mol. The van der Waals surface area contributed by atoms with Crippen molar-refractivity contribution in [3.8, 4) is 10.6 Å². The van der Waals surface area contributed by atoms with Gasteiger partial charge < -0.3 is 0 Å². The molecule has 3 aromatic rings. The highest BCUT2D eigenvalue weighted by atomic mass is 32.1. The van der Waals surface area contributed by atoms with Crippen LogP contribution in [0.1, 0.15) is 36.0 Å². The molecule has 0 atom stereocenters. The summed E-state index contributed by atoms with van der Waals surface area (Å²) < 4.78 is 0. The zero-order chi connectivity index (χ0) is 25.9. The third kappa shape index (κ3) is 6.27. The van der Waals surface area contributed by atoms with Gasteiger partial charge in [-0.25, -0.2) is 0 Å². The second kappa shape index (κ2) is 11.3. The highest BCUT2D eigenvalue weighted by molar-refractivity contribution is 7.18. The predicted octanol–water partition coefficient (Wildman–Crippen LogP) is 3.91.